The zero-order chi connectivity index (χ0) is 10.9. The highest BCUT2D eigenvalue weighted by Gasteiger charge is 2.26. The Hall–Kier alpha value is -0.310. The molecule has 0 radical (unpaired) electrons. The summed E-state index contributed by atoms with van der Waals surface area (Å²) in [6, 6.07) is 0. The minimum Gasteiger partial charge on any atom is -0.382 e. The van der Waals surface area contributed by atoms with Crippen molar-refractivity contribution in [3.8, 4) is 0 Å². The molecule has 2 N–H and O–H groups in total. The molecule has 0 bridgehead atoms. The lowest BCUT2D eigenvalue weighted by atomic mass is 10.7. The quantitative estimate of drug-likeness (QED) is 0.802. The molecule has 0 unspecified atom stereocenters. The third-order valence-electron chi connectivity index (χ3n) is 1.57. The van der Waals surface area contributed by atoms with E-state index in [2.05, 4.69) is 4.37 Å². The zero-order valence-corrected chi connectivity index (χ0v) is 10.5. The third-order valence-corrected chi connectivity index (χ3v) is 5.67. The Bertz CT molecular complexity index is 424. The molecule has 0 aliphatic rings. The second kappa shape index (κ2) is 4.05. The van der Waals surface area contributed by atoms with Crippen LogP contribution in [0.4, 0.5) is 5.82 Å². The van der Waals surface area contributed by atoms with Crippen LogP contribution in [0.2, 0.25) is 0 Å². The molecule has 0 atom stereocenters. The minimum atomic E-state index is -3.47. The monoisotopic (exact) mass is 253 g/mol. The Morgan fingerprint density at radius 3 is 2.50 bits per heavy atom. The molecule has 0 saturated heterocycles. The number of anilines is 1. The summed E-state index contributed by atoms with van der Waals surface area (Å²) < 4.78 is 29.2. The highest BCUT2D eigenvalue weighted by atomic mass is 32.2. The first kappa shape index (κ1) is 11.8. The van der Waals surface area contributed by atoms with Crippen LogP contribution in [0, 0.1) is 0 Å². The molecular weight excluding hydrogens is 242 g/mol. The van der Waals surface area contributed by atoms with Gasteiger partial charge in [-0.3, -0.25) is 0 Å². The molecule has 14 heavy (non-hydrogen) atoms. The van der Waals surface area contributed by atoms with Gasteiger partial charge < -0.3 is 5.73 Å². The number of thioether (sulfide) groups is 1. The molecule has 1 rings (SSSR count). The largest absolute Gasteiger partial charge is 0.382 e. The maximum atomic E-state index is 11.8. The summed E-state index contributed by atoms with van der Waals surface area (Å²) in [6.45, 7) is 0. The first-order valence-corrected chi connectivity index (χ1v) is 7.06. The number of hydrogen-bond acceptors (Lipinski definition) is 6. The van der Waals surface area contributed by atoms with Crippen molar-refractivity contribution >= 4 is 39.1 Å². The van der Waals surface area contributed by atoms with Gasteiger partial charge >= 0.3 is 0 Å². The van der Waals surface area contributed by atoms with E-state index in [9.17, 15) is 8.42 Å². The third kappa shape index (κ3) is 1.88. The fourth-order valence-corrected chi connectivity index (χ4v) is 3.93. The van der Waals surface area contributed by atoms with Crippen molar-refractivity contribution in [2.24, 2.45) is 0 Å². The van der Waals surface area contributed by atoms with Gasteiger partial charge in [0.2, 0.25) is 10.0 Å². The fraction of sp³-hybridized carbons (Fsp3) is 0.500. The van der Waals surface area contributed by atoms with Crippen molar-refractivity contribution < 1.29 is 8.42 Å². The van der Waals surface area contributed by atoms with Crippen LogP contribution in [0.25, 0.3) is 0 Å². The summed E-state index contributed by atoms with van der Waals surface area (Å²) in [6.07, 6.45) is 1.79. The Morgan fingerprint density at radius 2 is 2.07 bits per heavy atom. The van der Waals surface area contributed by atoms with Crippen molar-refractivity contribution in [1.29, 1.82) is 0 Å². The van der Waals surface area contributed by atoms with E-state index in [-0.39, 0.29) is 10.7 Å². The second-order valence-corrected chi connectivity index (χ2v) is 6.61. The van der Waals surface area contributed by atoms with Crippen LogP contribution >= 0.6 is 23.3 Å². The second-order valence-electron chi connectivity index (χ2n) is 2.68. The molecule has 1 heterocycles. The van der Waals surface area contributed by atoms with E-state index >= 15 is 0 Å². The standard InChI is InChI=1S/C6H11N3O2S3/c1-9(2)14(10,11)4-5(7)8-13-6(4)12-3/h1-3H3,(H2,7,8). The summed E-state index contributed by atoms with van der Waals surface area (Å²) in [5, 5.41) is 0. The van der Waals surface area contributed by atoms with Crippen LogP contribution in [0.3, 0.4) is 0 Å². The molecule has 0 spiro atoms. The smallest absolute Gasteiger partial charge is 0.248 e. The van der Waals surface area contributed by atoms with Crippen LogP contribution in [-0.2, 0) is 10.0 Å². The predicted octanol–water partition coefficient (Wildman–Crippen LogP) is 0.698. The highest BCUT2D eigenvalue weighted by Crippen LogP contribution is 2.34. The van der Waals surface area contributed by atoms with E-state index in [0.717, 1.165) is 15.8 Å². The molecule has 0 aliphatic heterocycles. The molecule has 1 aromatic rings. The van der Waals surface area contributed by atoms with E-state index < -0.39 is 10.0 Å². The van der Waals surface area contributed by atoms with E-state index in [0.29, 0.717) is 4.21 Å². The average molecular weight is 253 g/mol. The molecule has 5 nitrogen and oxygen atoms in total. The fourth-order valence-electron chi connectivity index (χ4n) is 0.828. The molecule has 8 heteroatoms. The van der Waals surface area contributed by atoms with Gasteiger partial charge in [0, 0.05) is 14.1 Å². The van der Waals surface area contributed by atoms with E-state index in [1.807, 2.05) is 0 Å². The number of nitrogens with two attached hydrogens (primary N) is 1. The van der Waals surface area contributed by atoms with Crippen molar-refractivity contribution in [3.63, 3.8) is 0 Å². The summed E-state index contributed by atoms with van der Waals surface area (Å²) in [7, 11) is -0.534. The average Bonchev–Trinajstić information content (AvgIpc) is 2.46. The summed E-state index contributed by atoms with van der Waals surface area (Å²) in [4.78, 5) is 0.125. The van der Waals surface area contributed by atoms with Gasteiger partial charge in [-0.05, 0) is 17.8 Å². The molecular formula is C6H11N3O2S3. The van der Waals surface area contributed by atoms with Gasteiger partial charge in [-0.1, -0.05) is 0 Å². The maximum absolute atomic E-state index is 11.8. The molecule has 0 amide bonds. The summed E-state index contributed by atoms with van der Waals surface area (Å²) in [5.41, 5.74) is 5.52. The summed E-state index contributed by atoms with van der Waals surface area (Å²) >= 11 is 2.43. The maximum Gasteiger partial charge on any atom is 0.248 e. The number of hydrogen-bond donors (Lipinski definition) is 1. The van der Waals surface area contributed by atoms with Crippen LogP contribution in [0.5, 0.6) is 0 Å². The van der Waals surface area contributed by atoms with Gasteiger partial charge in [-0.25, -0.2) is 12.7 Å². The first-order chi connectivity index (χ1) is 6.41. The highest BCUT2D eigenvalue weighted by molar-refractivity contribution is 8.01. The minimum absolute atomic E-state index is 0.0769. The number of sulfonamides is 1. The van der Waals surface area contributed by atoms with Gasteiger partial charge in [0.15, 0.2) is 10.7 Å². The van der Waals surface area contributed by atoms with Gasteiger partial charge in [0.25, 0.3) is 0 Å². The van der Waals surface area contributed by atoms with Crippen molar-refractivity contribution in [1.82, 2.24) is 8.68 Å². The normalized spacial score (nSPS) is 12.3. The van der Waals surface area contributed by atoms with Crippen molar-refractivity contribution in [2.75, 3.05) is 26.1 Å². The molecule has 1 aromatic heterocycles. The number of aromatic nitrogens is 1. The Balaban J connectivity index is 3.38. The molecule has 80 valence electrons. The predicted molar refractivity (Wildman–Crippen MR) is 59.2 cm³/mol. The van der Waals surface area contributed by atoms with Crippen LogP contribution in [-0.4, -0.2) is 37.4 Å². The first-order valence-electron chi connectivity index (χ1n) is 3.63. The van der Waals surface area contributed by atoms with E-state index in [4.69, 9.17) is 5.73 Å². The van der Waals surface area contributed by atoms with Crippen LogP contribution in [0.1, 0.15) is 0 Å². The molecule has 0 fully saturated rings. The molecule has 0 aromatic carbocycles. The Kier molecular flexibility index (Phi) is 3.40. The lowest BCUT2D eigenvalue weighted by Gasteiger charge is -2.10. The van der Waals surface area contributed by atoms with Gasteiger partial charge in [-0.2, -0.15) is 4.37 Å². The number of nitrogens with zero attached hydrogens (tertiary/aromatic N) is 2. The lowest BCUT2D eigenvalue weighted by molar-refractivity contribution is 0.520. The van der Waals surface area contributed by atoms with Crippen molar-refractivity contribution in [3.05, 3.63) is 0 Å². The van der Waals surface area contributed by atoms with Crippen molar-refractivity contribution in [2.45, 2.75) is 9.10 Å². The van der Waals surface area contributed by atoms with Gasteiger partial charge in [0.1, 0.15) is 4.21 Å². The molecule has 0 saturated carbocycles. The number of rotatable bonds is 3. The van der Waals surface area contributed by atoms with Crippen LogP contribution in [0.15, 0.2) is 9.10 Å². The lowest BCUT2D eigenvalue weighted by Crippen LogP contribution is -2.23. The van der Waals surface area contributed by atoms with Crippen LogP contribution < -0.4 is 5.73 Å². The van der Waals surface area contributed by atoms with E-state index in [1.54, 1.807) is 6.26 Å². The summed E-state index contributed by atoms with van der Waals surface area (Å²) in [5.74, 6) is 0.0769. The van der Waals surface area contributed by atoms with Gasteiger partial charge in [0.05, 0.1) is 0 Å². The SMILES string of the molecule is CSc1snc(N)c1S(=O)(=O)N(C)C. The number of nitrogen functional groups attached to an aromatic ring is 1. The molecule has 0 aliphatic carbocycles. The van der Waals surface area contributed by atoms with E-state index in [1.165, 1.54) is 25.9 Å². The topological polar surface area (TPSA) is 76.3 Å². The Labute approximate surface area is 91.5 Å². The zero-order valence-electron chi connectivity index (χ0n) is 8.01. The van der Waals surface area contributed by atoms with Gasteiger partial charge in [-0.15, -0.1) is 11.8 Å². The Morgan fingerprint density at radius 1 is 1.50 bits per heavy atom.